The molecule has 21 heavy (non-hydrogen) atoms. The number of fused-ring (bicyclic) bond motifs is 1. The lowest BCUT2D eigenvalue weighted by molar-refractivity contribution is 0.0544. The molecule has 0 atom stereocenters. The van der Waals surface area contributed by atoms with E-state index in [2.05, 4.69) is 0 Å². The average molecular weight is 291 g/mol. The summed E-state index contributed by atoms with van der Waals surface area (Å²) in [6.45, 7) is 5.28. The van der Waals surface area contributed by atoms with Gasteiger partial charge in [-0.15, -0.1) is 0 Å². The molecule has 0 fully saturated rings. The van der Waals surface area contributed by atoms with Crippen LogP contribution in [0.5, 0.6) is 5.75 Å². The fraction of sp³-hybridized carbons (Fsp3) is 0.357. The minimum Gasteiger partial charge on any atom is -0.495 e. The fourth-order valence-electron chi connectivity index (χ4n) is 2.10. The van der Waals surface area contributed by atoms with Gasteiger partial charge in [-0.2, -0.15) is 0 Å². The smallest absolute Gasteiger partial charge is 0.490 e. The van der Waals surface area contributed by atoms with Crippen LogP contribution in [0.15, 0.2) is 24.4 Å². The zero-order valence-electron chi connectivity index (χ0n) is 12.5. The monoisotopic (exact) mass is 291 g/mol. The molecule has 0 saturated carbocycles. The van der Waals surface area contributed by atoms with E-state index in [0.717, 1.165) is 0 Å². The summed E-state index contributed by atoms with van der Waals surface area (Å²) in [6, 6.07) is 5.09. The average Bonchev–Trinajstić information content (AvgIpc) is 2.76. The molecule has 0 saturated heterocycles. The van der Waals surface area contributed by atoms with E-state index in [1.165, 1.54) is 17.9 Å². The van der Waals surface area contributed by atoms with Gasteiger partial charge in [0.05, 0.1) is 7.11 Å². The predicted octanol–water partition coefficient (Wildman–Crippen LogP) is 1.11. The van der Waals surface area contributed by atoms with Crippen LogP contribution in [0, 0.1) is 0 Å². The van der Waals surface area contributed by atoms with Crippen LogP contribution >= 0.6 is 0 Å². The second-order valence-corrected chi connectivity index (χ2v) is 5.66. The van der Waals surface area contributed by atoms with Gasteiger partial charge in [-0.3, -0.25) is 0 Å². The quantitative estimate of drug-likeness (QED) is 0.810. The molecule has 7 heteroatoms. The molecule has 2 N–H and O–H groups in total. The molecule has 0 aliphatic heterocycles. The number of benzene rings is 1. The Balaban J connectivity index is 2.65. The second-order valence-electron chi connectivity index (χ2n) is 5.66. The van der Waals surface area contributed by atoms with Gasteiger partial charge in [0, 0.05) is 17.0 Å². The van der Waals surface area contributed by atoms with Crippen LogP contribution < -0.4 is 10.2 Å². The van der Waals surface area contributed by atoms with Crippen LogP contribution in [0.2, 0.25) is 0 Å². The number of rotatable bonds is 2. The molecule has 2 rings (SSSR count). The third-order valence-electron chi connectivity index (χ3n) is 2.91. The maximum atomic E-state index is 12.3. The summed E-state index contributed by atoms with van der Waals surface area (Å²) in [6.07, 6.45) is 0.746. The maximum absolute atomic E-state index is 12.3. The molecular weight excluding hydrogens is 273 g/mol. The highest BCUT2D eigenvalue weighted by Gasteiger charge is 2.26. The van der Waals surface area contributed by atoms with Crippen LogP contribution in [0.3, 0.4) is 0 Å². The first kappa shape index (κ1) is 15.4. The molecule has 0 amide bonds. The number of aromatic nitrogens is 1. The highest BCUT2D eigenvalue weighted by molar-refractivity contribution is 6.62. The van der Waals surface area contributed by atoms with Crippen molar-refractivity contribution >= 4 is 29.6 Å². The molecule has 1 aromatic heterocycles. The molecule has 1 aromatic carbocycles. The van der Waals surface area contributed by atoms with Gasteiger partial charge in [-0.05, 0) is 26.8 Å². The van der Waals surface area contributed by atoms with E-state index in [9.17, 15) is 14.8 Å². The Labute approximate surface area is 123 Å². The van der Waals surface area contributed by atoms with Crippen molar-refractivity contribution in [1.82, 2.24) is 4.57 Å². The first-order valence-corrected chi connectivity index (χ1v) is 6.52. The van der Waals surface area contributed by atoms with Crippen LogP contribution in [0.25, 0.3) is 10.9 Å². The van der Waals surface area contributed by atoms with Gasteiger partial charge < -0.3 is 19.5 Å². The SMILES string of the molecule is COc1cccc2c(B(O)O)cn(C(=O)OC(C)(C)C)c12. The summed E-state index contributed by atoms with van der Waals surface area (Å²) in [5.74, 6) is 0.449. The Morgan fingerprint density at radius 2 is 1.95 bits per heavy atom. The van der Waals surface area contributed by atoms with Crippen molar-refractivity contribution in [1.29, 1.82) is 0 Å². The molecule has 2 aromatic rings. The summed E-state index contributed by atoms with van der Waals surface area (Å²) < 4.78 is 11.8. The summed E-state index contributed by atoms with van der Waals surface area (Å²) in [5, 5.41) is 19.4. The summed E-state index contributed by atoms with van der Waals surface area (Å²) in [5.41, 5.74) is 0.000319. The van der Waals surface area contributed by atoms with Gasteiger partial charge in [0.25, 0.3) is 0 Å². The highest BCUT2D eigenvalue weighted by Crippen LogP contribution is 2.26. The number of carbonyl (C=O) groups is 1. The number of hydrogen-bond donors (Lipinski definition) is 2. The molecule has 0 aliphatic carbocycles. The van der Waals surface area contributed by atoms with E-state index in [0.29, 0.717) is 16.7 Å². The van der Waals surface area contributed by atoms with Gasteiger partial charge in [0.15, 0.2) is 0 Å². The predicted molar refractivity (Wildman–Crippen MR) is 79.9 cm³/mol. The van der Waals surface area contributed by atoms with E-state index in [4.69, 9.17) is 9.47 Å². The van der Waals surface area contributed by atoms with Crippen LogP contribution in [0.4, 0.5) is 4.79 Å². The van der Waals surface area contributed by atoms with E-state index in [1.54, 1.807) is 39.0 Å². The van der Waals surface area contributed by atoms with Crippen molar-refractivity contribution in [2.75, 3.05) is 7.11 Å². The van der Waals surface area contributed by atoms with E-state index in [-0.39, 0.29) is 5.46 Å². The highest BCUT2D eigenvalue weighted by atomic mass is 16.6. The Morgan fingerprint density at radius 1 is 1.29 bits per heavy atom. The largest absolute Gasteiger partial charge is 0.495 e. The maximum Gasteiger partial charge on any atom is 0.490 e. The number of methoxy groups -OCH3 is 1. The molecular formula is C14H18BNO5. The van der Waals surface area contributed by atoms with Crippen molar-refractivity contribution in [3.63, 3.8) is 0 Å². The van der Waals surface area contributed by atoms with Crippen LogP contribution in [-0.4, -0.2) is 40.5 Å². The molecule has 0 spiro atoms. The van der Waals surface area contributed by atoms with E-state index in [1.807, 2.05) is 0 Å². The van der Waals surface area contributed by atoms with Gasteiger partial charge in [0.2, 0.25) is 0 Å². The fourth-order valence-corrected chi connectivity index (χ4v) is 2.10. The topological polar surface area (TPSA) is 80.9 Å². The first-order valence-electron chi connectivity index (χ1n) is 6.52. The third kappa shape index (κ3) is 3.04. The van der Waals surface area contributed by atoms with Crippen molar-refractivity contribution in [3.05, 3.63) is 24.4 Å². The van der Waals surface area contributed by atoms with Gasteiger partial charge >= 0.3 is 13.2 Å². The molecule has 0 bridgehead atoms. The second kappa shape index (κ2) is 5.42. The summed E-state index contributed by atoms with van der Waals surface area (Å²) >= 11 is 0. The molecule has 6 nitrogen and oxygen atoms in total. The van der Waals surface area contributed by atoms with E-state index < -0.39 is 18.8 Å². The molecule has 0 aliphatic rings. The van der Waals surface area contributed by atoms with Crippen molar-refractivity contribution in [3.8, 4) is 5.75 Å². The number of para-hydroxylation sites is 1. The number of hydrogen-bond acceptors (Lipinski definition) is 5. The molecule has 0 radical (unpaired) electrons. The first-order chi connectivity index (χ1) is 9.74. The Kier molecular flexibility index (Phi) is 3.98. The van der Waals surface area contributed by atoms with Crippen LogP contribution in [-0.2, 0) is 4.74 Å². The summed E-state index contributed by atoms with van der Waals surface area (Å²) in [7, 11) is -0.209. The molecule has 1 heterocycles. The minimum atomic E-state index is -1.69. The van der Waals surface area contributed by atoms with Crippen molar-refractivity contribution in [2.24, 2.45) is 0 Å². The van der Waals surface area contributed by atoms with Gasteiger partial charge in [-0.25, -0.2) is 9.36 Å². The lowest BCUT2D eigenvalue weighted by Crippen LogP contribution is -2.30. The zero-order chi connectivity index (χ0) is 15.8. The lowest BCUT2D eigenvalue weighted by Gasteiger charge is -2.20. The van der Waals surface area contributed by atoms with Crippen molar-refractivity contribution < 1.29 is 24.3 Å². The Morgan fingerprint density at radius 3 is 2.48 bits per heavy atom. The summed E-state index contributed by atoms with van der Waals surface area (Å²) in [4.78, 5) is 12.3. The number of carbonyl (C=O) groups excluding carboxylic acids is 1. The Hall–Kier alpha value is -1.99. The zero-order valence-corrected chi connectivity index (χ0v) is 12.5. The van der Waals surface area contributed by atoms with Crippen molar-refractivity contribution in [2.45, 2.75) is 26.4 Å². The van der Waals surface area contributed by atoms with E-state index >= 15 is 0 Å². The molecule has 0 unspecified atom stereocenters. The third-order valence-corrected chi connectivity index (χ3v) is 2.91. The van der Waals surface area contributed by atoms with Gasteiger partial charge in [0.1, 0.15) is 16.9 Å². The van der Waals surface area contributed by atoms with Gasteiger partial charge in [-0.1, -0.05) is 12.1 Å². The molecule has 112 valence electrons. The standard InChI is InChI=1S/C14H18BNO5/c1-14(2,3)21-13(17)16-8-10(15(18)19)9-6-5-7-11(20-4)12(9)16/h5-8,18-19H,1-4H3. The minimum absolute atomic E-state index is 0.217. The Bertz CT molecular complexity index is 672. The normalized spacial score (nSPS) is 11.5. The lowest BCUT2D eigenvalue weighted by atomic mass is 9.80. The number of nitrogens with zero attached hydrogens (tertiary/aromatic N) is 1. The van der Waals surface area contributed by atoms with Crippen LogP contribution in [0.1, 0.15) is 20.8 Å². The number of ether oxygens (including phenoxy) is 2.